The molecule has 0 aromatic heterocycles. The highest BCUT2D eigenvalue weighted by molar-refractivity contribution is 5.47. The molecule has 5 heteroatoms. The zero-order chi connectivity index (χ0) is 14.8. The van der Waals surface area contributed by atoms with E-state index >= 15 is 0 Å². The molecule has 2 rings (SSSR count). The van der Waals surface area contributed by atoms with E-state index < -0.39 is 11.7 Å². The molecule has 0 radical (unpaired) electrons. The minimum Gasteiger partial charge on any atom is -0.382 e. The van der Waals surface area contributed by atoms with Gasteiger partial charge in [0.15, 0.2) is 0 Å². The van der Waals surface area contributed by atoms with E-state index in [0.717, 1.165) is 18.9 Å². The van der Waals surface area contributed by atoms with Crippen molar-refractivity contribution in [1.29, 1.82) is 0 Å². The standard InChI is InChI=1S/C15H20F3NO/c1-10(2)14-9-13(6-7-20-14)19-12-5-3-4-11(8-12)15(16,17)18/h3-5,8,10,13-14,19H,6-7,9H2,1-2H3. The van der Waals surface area contributed by atoms with Crippen LogP contribution in [0.5, 0.6) is 0 Å². The minimum atomic E-state index is -4.30. The molecule has 1 aromatic carbocycles. The van der Waals surface area contributed by atoms with Gasteiger partial charge in [-0.15, -0.1) is 0 Å². The lowest BCUT2D eigenvalue weighted by Gasteiger charge is -2.33. The molecule has 1 heterocycles. The predicted octanol–water partition coefficient (Wildman–Crippen LogP) is 4.32. The maximum absolute atomic E-state index is 12.7. The fourth-order valence-electron chi connectivity index (χ4n) is 2.44. The average Bonchev–Trinajstić information content (AvgIpc) is 2.38. The monoisotopic (exact) mass is 287 g/mol. The second-order valence-corrected chi connectivity index (χ2v) is 5.60. The fraction of sp³-hybridized carbons (Fsp3) is 0.600. The number of benzene rings is 1. The van der Waals surface area contributed by atoms with Crippen molar-refractivity contribution in [3.63, 3.8) is 0 Å². The van der Waals surface area contributed by atoms with E-state index in [9.17, 15) is 13.2 Å². The molecule has 20 heavy (non-hydrogen) atoms. The highest BCUT2D eigenvalue weighted by Gasteiger charge is 2.31. The van der Waals surface area contributed by atoms with Crippen molar-refractivity contribution < 1.29 is 17.9 Å². The van der Waals surface area contributed by atoms with Crippen LogP contribution in [0.3, 0.4) is 0 Å². The van der Waals surface area contributed by atoms with Crippen LogP contribution in [0.15, 0.2) is 24.3 Å². The van der Waals surface area contributed by atoms with Crippen LogP contribution < -0.4 is 5.32 Å². The van der Waals surface area contributed by atoms with Gasteiger partial charge in [-0.1, -0.05) is 19.9 Å². The number of hydrogen-bond donors (Lipinski definition) is 1. The maximum atomic E-state index is 12.7. The van der Waals surface area contributed by atoms with Crippen molar-refractivity contribution in [3.8, 4) is 0 Å². The molecule has 1 N–H and O–H groups in total. The number of alkyl halides is 3. The third kappa shape index (κ3) is 3.88. The first kappa shape index (κ1) is 15.2. The summed E-state index contributed by atoms with van der Waals surface area (Å²) in [5.74, 6) is 0.418. The maximum Gasteiger partial charge on any atom is 0.416 e. The molecule has 1 saturated heterocycles. The van der Waals surface area contributed by atoms with Gasteiger partial charge in [-0.05, 0) is 37.0 Å². The quantitative estimate of drug-likeness (QED) is 0.894. The van der Waals surface area contributed by atoms with Crippen LogP contribution in [0, 0.1) is 5.92 Å². The Morgan fingerprint density at radius 1 is 1.30 bits per heavy atom. The number of ether oxygens (including phenoxy) is 1. The zero-order valence-corrected chi connectivity index (χ0v) is 11.7. The third-order valence-corrected chi connectivity index (χ3v) is 3.62. The Labute approximate surface area is 117 Å². The van der Waals surface area contributed by atoms with Crippen molar-refractivity contribution in [1.82, 2.24) is 0 Å². The lowest BCUT2D eigenvalue weighted by Crippen LogP contribution is -2.36. The lowest BCUT2D eigenvalue weighted by atomic mass is 9.95. The van der Waals surface area contributed by atoms with Crippen molar-refractivity contribution in [2.45, 2.75) is 45.0 Å². The first-order chi connectivity index (χ1) is 9.36. The van der Waals surface area contributed by atoms with Crippen LogP contribution in [-0.2, 0) is 10.9 Å². The summed E-state index contributed by atoms with van der Waals surface area (Å²) in [4.78, 5) is 0. The van der Waals surface area contributed by atoms with Crippen LogP contribution in [-0.4, -0.2) is 18.8 Å². The van der Waals surface area contributed by atoms with Gasteiger partial charge in [-0.25, -0.2) is 0 Å². The molecule has 112 valence electrons. The molecule has 0 spiro atoms. The number of rotatable bonds is 3. The SMILES string of the molecule is CC(C)C1CC(Nc2cccc(C(F)(F)F)c2)CCO1. The number of nitrogens with one attached hydrogen (secondary N) is 1. The van der Waals surface area contributed by atoms with Gasteiger partial charge in [0.05, 0.1) is 11.7 Å². The number of hydrogen-bond acceptors (Lipinski definition) is 2. The van der Waals surface area contributed by atoms with Gasteiger partial charge in [-0.2, -0.15) is 13.2 Å². The van der Waals surface area contributed by atoms with E-state index in [4.69, 9.17) is 4.74 Å². The van der Waals surface area contributed by atoms with E-state index in [1.807, 2.05) is 0 Å². The summed E-state index contributed by atoms with van der Waals surface area (Å²) < 4.78 is 43.7. The summed E-state index contributed by atoms with van der Waals surface area (Å²) >= 11 is 0. The van der Waals surface area contributed by atoms with E-state index in [2.05, 4.69) is 19.2 Å². The molecule has 1 aromatic rings. The molecule has 0 saturated carbocycles. The first-order valence-electron chi connectivity index (χ1n) is 6.91. The van der Waals surface area contributed by atoms with Crippen molar-refractivity contribution in [3.05, 3.63) is 29.8 Å². The van der Waals surface area contributed by atoms with Gasteiger partial charge in [0, 0.05) is 18.3 Å². The Morgan fingerprint density at radius 3 is 2.70 bits per heavy atom. The normalized spacial score (nSPS) is 23.9. The van der Waals surface area contributed by atoms with E-state index in [0.29, 0.717) is 18.2 Å². The summed E-state index contributed by atoms with van der Waals surface area (Å²) in [5.41, 5.74) is -0.0933. The van der Waals surface area contributed by atoms with Crippen molar-refractivity contribution in [2.24, 2.45) is 5.92 Å². The van der Waals surface area contributed by atoms with Gasteiger partial charge >= 0.3 is 6.18 Å². The summed E-state index contributed by atoms with van der Waals surface area (Å²) in [6.07, 6.45) is -2.48. The second kappa shape index (κ2) is 6.04. The number of halogens is 3. The molecule has 2 nitrogen and oxygen atoms in total. The Hall–Kier alpha value is -1.23. The highest BCUT2D eigenvalue weighted by Crippen LogP contribution is 2.31. The molecule has 2 unspecified atom stereocenters. The molecule has 0 amide bonds. The Bertz CT molecular complexity index is 445. The third-order valence-electron chi connectivity index (χ3n) is 3.62. The Kier molecular flexibility index (Phi) is 4.58. The van der Waals surface area contributed by atoms with Crippen molar-refractivity contribution >= 4 is 5.69 Å². The largest absolute Gasteiger partial charge is 0.416 e. The Balaban J connectivity index is 2.03. The molecular formula is C15H20F3NO. The molecule has 0 bridgehead atoms. The fourth-order valence-corrected chi connectivity index (χ4v) is 2.44. The average molecular weight is 287 g/mol. The van der Waals surface area contributed by atoms with Gasteiger partial charge in [0.2, 0.25) is 0 Å². The first-order valence-corrected chi connectivity index (χ1v) is 6.91. The molecule has 1 aliphatic rings. The summed E-state index contributed by atoms with van der Waals surface area (Å²) in [6.45, 7) is 4.84. The van der Waals surface area contributed by atoms with E-state index in [-0.39, 0.29) is 12.1 Å². The van der Waals surface area contributed by atoms with Crippen LogP contribution in [0.2, 0.25) is 0 Å². The minimum absolute atomic E-state index is 0.166. The smallest absolute Gasteiger partial charge is 0.382 e. The van der Waals surface area contributed by atoms with Crippen molar-refractivity contribution in [2.75, 3.05) is 11.9 Å². The highest BCUT2D eigenvalue weighted by atomic mass is 19.4. The molecule has 1 fully saturated rings. The topological polar surface area (TPSA) is 21.3 Å². The van der Waals surface area contributed by atoms with Gasteiger partial charge in [0.25, 0.3) is 0 Å². The van der Waals surface area contributed by atoms with Gasteiger partial charge in [0.1, 0.15) is 0 Å². The van der Waals surface area contributed by atoms with Crippen LogP contribution in [0.4, 0.5) is 18.9 Å². The summed E-state index contributed by atoms with van der Waals surface area (Å²) in [7, 11) is 0. The molecular weight excluding hydrogens is 267 g/mol. The zero-order valence-electron chi connectivity index (χ0n) is 11.7. The Morgan fingerprint density at radius 2 is 2.05 bits per heavy atom. The lowest BCUT2D eigenvalue weighted by molar-refractivity contribution is -0.137. The van der Waals surface area contributed by atoms with E-state index in [1.165, 1.54) is 12.1 Å². The molecule has 1 aliphatic heterocycles. The summed E-state index contributed by atoms with van der Waals surface area (Å²) in [6, 6.07) is 5.53. The van der Waals surface area contributed by atoms with Crippen LogP contribution >= 0.6 is 0 Å². The van der Waals surface area contributed by atoms with Crippen LogP contribution in [0.1, 0.15) is 32.3 Å². The van der Waals surface area contributed by atoms with Crippen LogP contribution in [0.25, 0.3) is 0 Å². The predicted molar refractivity (Wildman–Crippen MR) is 72.7 cm³/mol. The summed E-state index contributed by atoms with van der Waals surface area (Å²) in [5, 5.41) is 3.20. The molecule has 2 atom stereocenters. The van der Waals surface area contributed by atoms with Gasteiger partial charge < -0.3 is 10.1 Å². The molecule has 0 aliphatic carbocycles. The van der Waals surface area contributed by atoms with Gasteiger partial charge in [-0.3, -0.25) is 0 Å². The number of anilines is 1. The second-order valence-electron chi connectivity index (χ2n) is 5.60. The van der Waals surface area contributed by atoms with E-state index in [1.54, 1.807) is 6.07 Å².